The summed E-state index contributed by atoms with van der Waals surface area (Å²) in [6, 6.07) is -1.94. The number of urea groups is 1. The van der Waals surface area contributed by atoms with Crippen molar-refractivity contribution in [2.24, 2.45) is 5.73 Å². The van der Waals surface area contributed by atoms with E-state index >= 15 is 0 Å². The van der Waals surface area contributed by atoms with Crippen LogP contribution in [-0.2, 0) is 14.3 Å². The molecule has 3 atom stereocenters. The van der Waals surface area contributed by atoms with E-state index in [9.17, 15) is 14.4 Å². The van der Waals surface area contributed by atoms with Crippen molar-refractivity contribution in [1.82, 2.24) is 10.6 Å². The molecule has 20 heavy (non-hydrogen) atoms. The molecule has 0 bridgehead atoms. The molecule has 0 aliphatic carbocycles. The van der Waals surface area contributed by atoms with Gasteiger partial charge in [-0.05, 0) is 26.2 Å². The number of primary amides is 1. The van der Waals surface area contributed by atoms with E-state index in [-0.39, 0.29) is 25.0 Å². The summed E-state index contributed by atoms with van der Waals surface area (Å²) in [6.07, 6.45) is 1.64. The number of rotatable bonds is 7. The molecule has 5 N–H and O–H groups in total. The molecular formula is C12H21N3O5. The second-order valence-electron chi connectivity index (χ2n) is 4.85. The van der Waals surface area contributed by atoms with Gasteiger partial charge in [0.1, 0.15) is 6.04 Å². The number of carboxylic acids is 1. The van der Waals surface area contributed by atoms with Crippen LogP contribution in [0, 0.1) is 0 Å². The molecule has 8 nitrogen and oxygen atoms in total. The van der Waals surface area contributed by atoms with Gasteiger partial charge in [0.25, 0.3) is 0 Å². The smallest absolute Gasteiger partial charge is 0.326 e. The maximum Gasteiger partial charge on any atom is 0.326 e. The lowest BCUT2D eigenvalue weighted by molar-refractivity contribution is -0.139. The van der Waals surface area contributed by atoms with Gasteiger partial charge in [-0.25, -0.2) is 9.59 Å². The molecule has 2 unspecified atom stereocenters. The van der Waals surface area contributed by atoms with Crippen LogP contribution in [0.4, 0.5) is 4.79 Å². The second-order valence-corrected chi connectivity index (χ2v) is 4.85. The molecule has 8 heteroatoms. The highest BCUT2D eigenvalue weighted by molar-refractivity contribution is 5.83. The van der Waals surface area contributed by atoms with Crippen LogP contribution in [0.25, 0.3) is 0 Å². The summed E-state index contributed by atoms with van der Waals surface area (Å²) in [6.45, 7) is 2.48. The summed E-state index contributed by atoms with van der Waals surface area (Å²) in [4.78, 5) is 33.3. The molecule has 0 radical (unpaired) electrons. The third kappa shape index (κ3) is 5.43. The number of hydrogen-bond donors (Lipinski definition) is 4. The van der Waals surface area contributed by atoms with Crippen molar-refractivity contribution in [3.05, 3.63) is 0 Å². The lowest BCUT2D eigenvalue weighted by Crippen LogP contribution is -2.51. The van der Waals surface area contributed by atoms with Crippen LogP contribution in [0.1, 0.15) is 32.6 Å². The van der Waals surface area contributed by atoms with Gasteiger partial charge in [0.15, 0.2) is 0 Å². The first-order valence-corrected chi connectivity index (χ1v) is 6.60. The third-order valence-electron chi connectivity index (χ3n) is 3.16. The lowest BCUT2D eigenvalue weighted by atomic mass is 10.1. The molecule has 0 spiro atoms. The molecule has 0 saturated carbocycles. The van der Waals surface area contributed by atoms with Crippen LogP contribution in [0.3, 0.4) is 0 Å². The summed E-state index contributed by atoms with van der Waals surface area (Å²) < 4.78 is 5.43. The molecule has 1 rings (SSSR count). The maximum atomic E-state index is 11.7. The molecule has 0 aromatic carbocycles. The fourth-order valence-electron chi connectivity index (χ4n) is 2.04. The normalized spacial score (nSPS) is 20.9. The number of amides is 3. The molecule has 1 heterocycles. The predicted molar refractivity (Wildman–Crippen MR) is 70.0 cm³/mol. The van der Waals surface area contributed by atoms with Crippen molar-refractivity contribution in [1.29, 1.82) is 0 Å². The van der Waals surface area contributed by atoms with E-state index in [1.54, 1.807) is 6.92 Å². The Morgan fingerprint density at radius 3 is 2.60 bits per heavy atom. The quantitative estimate of drug-likeness (QED) is 0.504. The van der Waals surface area contributed by atoms with E-state index in [0.29, 0.717) is 6.61 Å². The van der Waals surface area contributed by atoms with Gasteiger partial charge in [-0.3, -0.25) is 4.79 Å². The van der Waals surface area contributed by atoms with E-state index in [0.717, 1.165) is 12.8 Å². The largest absolute Gasteiger partial charge is 0.480 e. The molecule has 1 aliphatic heterocycles. The summed E-state index contributed by atoms with van der Waals surface area (Å²) >= 11 is 0. The Kier molecular flexibility index (Phi) is 6.23. The van der Waals surface area contributed by atoms with E-state index in [4.69, 9.17) is 15.6 Å². The Morgan fingerprint density at radius 1 is 1.40 bits per heavy atom. The molecule has 1 aliphatic rings. The zero-order valence-corrected chi connectivity index (χ0v) is 11.4. The van der Waals surface area contributed by atoms with Crippen LogP contribution < -0.4 is 16.4 Å². The lowest BCUT2D eigenvalue weighted by Gasteiger charge is -2.21. The second kappa shape index (κ2) is 7.68. The van der Waals surface area contributed by atoms with E-state index in [2.05, 4.69) is 10.6 Å². The summed E-state index contributed by atoms with van der Waals surface area (Å²) in [5, 5.41) is 13.9. The number of carbonyl (C=O) groups is 3. The Morgan fingerprint density at radius 2 is 2.10 bits per heavy atom. The van der Waals surface area contributed by atoms with Crippen molar-refractivity contribution in [3.63, 3.8) is 0 Å². The standard InChI is InChI=1S/C12H21N3O5/c1-7(9-3-2-6-20-9)14-12(19)15-8(11(17)18)4-5-10(13)16/h7-9H,2-6H2,1H3,(H2,13,16)(H,17,18)(H2,14,15,19)/t7?,8-,9?/m0/s1. The predicted octanol–water partition coefficient (Wildman–Crippen LogP) is -0.428. The van der Waals surface area contributed by atoms with Crippen LogP contribution in [0.5, 0.6) is 0 Å². The Labute approximate surface area is 117 Å². The van der Waals surface area contributed by atoms with E-state index in [1.807, 2.05) is 0 Å². The maximum absolute atomic E-state index is 11.7. The molecule has 114 valence electrons. The zero-order chi connectivity index (χ0) is 15.1. The van der Waals surface area contributed by atoms with Crippen LogP contribution >= 0.6 is 0 Å². The fraction of sp³-hybridized carbons (Fsp3) is 0.750. The molecule has 1 saturated heterocycles. The van der Waals surface area contributed by atoms with Crippen molar-refractivity contribution in [2.45, 2.75) is 50.8 Å². The van der Waals surface area contributed by atoms with Crippen molar-refractivity contribution >= 4 is 17.9 Å². The molecule has 3 amide bonds. The van der Waals surface area contributed by atoms with E-state index in [1.165, 1.54) is 0 Å². The molecule has 0 aromatic heterocycles. The Hall–Kier alpha value is -1.83. The van der Waals surface area contributed by atoms with Gasteiger partial charge in [0.05, 0.1) is 12.1 Å². The number of nitrogens with two attached hydrogens (primary N) is 1. The summed E-state index contributed by atoms with van der Waals surface area (Å²) in [5.41, 5.74) is 4.96. The van der Waals surface area contributed by atoms with Gasteiger partial charge in [0, 0.05) is 13.0 Å². The minimum atomic E-state index is -1.20. The number of nitrogens with one attached hydrogen (secondary N) is 2. The first-order chi connectivity index (χ1) is 9.40. The topological polar surface area (TPSA) is 131 Å². The number of aliphatic carboxylic acids is 1. The van der Waals surface area contributed by atoms with Gasteiger partial charge in [-0.1, -0.05) is 0 Å². The van der Waals surface area contributed by atoms with E-state index < -0.39 is 23.9 Å². The average Bonchev–Trinajstić information content (AvgIpc) is 2.87. The molecular weight excluding hydrogens is 266 g/mol. The van der Waals surface area contributed by atoms with Gasteiger partial charge in [0.2, 0.25) is 5.91 Å². The van der Waals surface area contributed by atoms with Crippen molar-refractivity contribution < 1.29 is 24.2 Å². The average molecular weight is 287 g/mol. The highest BCUT2D eigenvalue weighted by Crippen LogP contribution is 2.15. The molecule has 1 fully saturated rings. The minimum Gasteiger partial charge on any atom is -0.480 e. The highest BCUT2D eigenvalue weighted by Gasteiger charge is 2.26. The van der Waals surface area contributed by atoms with Gasteiger partial charge >= 0.3 is 12.0 Å². The molecule has 0 aromatic rings. The van der Waals surface area contributed by atoms with Gasteiger partial charge in [-0.15, -0.1) is 0 Å². The minimum absolute atomic E-state index is 0.0353. The van der Waals surface area contributed by atoms with Crippen molar-refractivity contribution in [3.8, 4) is 0 Å². The first-order valence-electron chi connectivity index (χ1n) is 6.60. The third-order valence-corrected chi connectivity index (χ3v) is 3.16. The number of hydrogen-bond acceptors (Lipinski definition) is 4. The highest BCUT2D eigenvalue weighted by atomic mass is 16.5. The van der Waals surface area contributed by atoms with Crippen LogP contribution in [0.15, 0.2) is 0 Å². The Balaban J connectivity index is 2.40. The van der Waals surface area contributed by atoms with Crippen molar-refractivity contribution in [2.75, 3.05) is 6.61 Å². The summed E-state index contributed by atoms with van der Waals surface area (Å²) in [7, 11) is 0. The number of carboxylic acid groups (broad SMARTS) is 1. The van der Waals surface area contributed by atoms with Gasteiger partial charge < -0.3 is 26.2 Å². The van der Waals surface area contributed by atoms with Gasteiger partial charge in [-0.2, -0.15) is 0 Å². The SMILES string of the molecule is CC(NC(=O)N[C@@H](CCC(N)=O)C(=O)O)C1CCCO1. The van der Waals surface area contributed by atoms with Crippen LogP contribution in [0.2, 0.25) is 0 Å². The first kappa shape index (κ1) is 16.2. The fourth-order valence-corrected chi connectivity index (χ4v) is 2.04. The number of carbonyl (C=O) groups excluding carboxylic acids is 2. The Bertz CT molecular complexity index is 368. The summed E-state index contributed by atoms with van der Waals surface area (Å²) in [5.74, 6) is -1.81. The van der Waals surface area contributed by atoms with Crippen LogP contribution in [-0.4, -0.2) is 47.8 Å². The monoisotopic (exact) mass is 287 g/mol. The number of ether oxygens (including phenoxy) is 1. The zero-order valence-electron chi connectivity index (χ0n) is 11.4.